The molecule has 0 aliphatic rings. The van der Waals surface area contributed by atoms with Gasteiger partial charge in [0.15, 0.2) is 23.1 Å². The van der Waals surface area contributed by atoms with E-state index in [1.54, 1.807) is 27.1 Å². The van der Waals surface area contributed by atoms with Crippen LogP contribution in [0.1, 0.15) is 26.5 Å². The van der Waals surface area contributed by atoms with Gasteiger partial charge < -0.3 is 15.5 Å². The molecule has 2 amide bonds. The lowest BCUT2D eigenvalue weighted by Crippen LogP contribution is -2.23. The quantitative estimate of drug-likeness (QED) is 0.660. The summed E-state index contributed by atoms with van der Waals surface area (Å²) in [6.07, 6.45) is 0. The van der Waals surface area contributed by atoms with Crippen molar-refractivity contribution in [3.8, 4) is 0 Å². The van der Waals surface area contributed by atoms with Gasteiger partial charge in [0, 0.05) is 25.8 Å². The van der Waals surface area contributed by atoms with Crippen LogP contribution in [0.4, 0.5) is 25.3 Å². The van der Waals surface area contributed by atoms with Crippen molar-refractivity contribution in [2.24, 2.45) is 0 Å². The number of aromatic nitrogens is 3. The first kappa shape index (κ1) is 20.3. The molecule has 2 aromatic heterocycles. The summed E-state index contributed by atoms with van der Waals surface area (Å²) in [6.45, 7) is 1.65. The van der Waals surface area contributed by atoms with Crippen LogP contribution in [0, 0.1) is 18.6 Å². The molecule has 0 bridgehead atoms. The lowest BCUT2D eigenvalue weighted by atomic mass is 10.2. The van der Waals surface area contributed by atoms with Crippen LogP contribution < -0.4 is 10.6 Å². The maximum Gasteiger partial charge on any atom is 0.273 e. The Morgan fingerprint density at radius 2 is 1.83 bits per heavy atom. The van der Waals surface area contributed by atoms with Crippen LogP contribution in [0.2, 0.25) is 0 Å². The second-order valence-electron chi connectivity index (χ2n) is 6.18. The summed E-state index contributed by atoms with van der Waals surface area (Å²) in [5.41, 5.74) is 0.967. The topological polar surface area (TPSA) is 100 Å². The number of hydrogen-bond acceptors (Lipinski definition) is 7. The van der Waals surface area contributed by atoms with Gasteiger partial charge in [-0.25, -0.2) is 8.78 Å². The first-order chi connectivity index (χ1) is 13.8. The zero-order valence-corrected chi connectivity index (χ0v) is 16.5. The lowest BCUT2D eigenvalue weighted by Gasteiger charge is -2.10. The van der Waals surface area contributed by atoms with Crippen molar-refractivity contribution in [1.82, 2.24) is 19.5 Å². The number of carbonyl (C=O) groups excluding carboxylic acids is 2. The van der Waals surface area contributed by atoms with E-state index in [4.69, 9.17) is 0 Å². The minimum absolute atomic E-state index is 0.108. The van der Waals surface area contributed by atoms with Gasteiger partial charge in [0.05, 0.1) is 11.3 Å². The Labute approximate surface area is 168 Å². The number of halogens is 2. The lowest BCUT2D eigenvalue weighted by molar-refractivity contribution is 0.0820. The molecule has 0 fully saturated rings. The van der Waals surface area contributed by atoms with E-state index in [0.717, 1.165) is 23.7 Å². The Bertz CT molecular complexity index is 1070. The molecule has 0 atom stereocenters. The van der Waals surface area contributed by atoms with Crippen molar-refractivity contribution in [2.45, 2.75) is 6.92 Å². The van der Waals surface area contributed by atoms with Crippen molar-refractivity contribution >= 4 is 39.9 Å². The zero-order chi connectivity index (χ0) is 21.1. The molecule has 3 aromatic rings. The van der Waals surface area contributed by atoms with Gasteiger partial charge in [-0.2, -0.15) is 4.37 Å². The highest BCUT2D eigenvalue weighted by atomic mass is 32.1. The molecule has 1 aromatic carbocycles. The molecule has 29 heavy (non-hydrogen) atoms. The molecule has 0 saturated carbocycles. The Kier molecular flexibility index (Phi) is 5.78. The third-order valence-electron chi connectivity index (χ3n) is 3.80. The Morgan fingerprint density at radius 3 is 2.45 bits per heavy atom. The van der Waals surface area contributed by atoms with Crippen LogP contribution in [0.5, 0.6) is 0 Å². The fourth-order valence-corrected chi connectivity index (χ4v) is 3.15. The Hall–Kier alpha value is -3.47. The second-order valence-corrected chi connectivity index (χ2v) is 6.96. The highest BCUT2D eigenvalue weighted by molar-refractivity contribution is 7.10. The normalized spacial score (nSPS) is 10.5. The van der Waals surface area contributed by atoms with Gasteiger partial charge in [0.2, 0.25) is 0 Å². The van der Waals surface area contributed by atoms with Crippen LogP contribution >= 0.6 is 11.5 Å². The highest BCUT2D eigenvalue weighted by Crippen LogP contribution is 2.28. The molecule has 0 spiro atoms. The Balaban J connectivity index is 1.79. The molecular formula is C18H16F2N6O2S. The van der Waals surface area contributed by atoms with Gasteiger partial charge in [-0.05, 0) is 42.7 Å². The summed E-state index contributed by atoms with van der Waals surface area (Å²) in [5, 5.41) is 13.6. The highest BCUT2D eigenvalue weighted by Gasteiger charge is 2.20. The summed E-state index contributed by atoms with van der Waals surface area (Å²) in [7, 11) is 3.21. The maximum absolute atomic E-state index is 13.4. The van der Waals surface area contributed by atoms with Crippen LogP contribution in [0.25, 0.3) is 0 Å². The summed E-state index contributed by atoms with van der Waals surface area (Å²) >= 11 is 1.03. The van der Waals surface area contributed by atoms with Crippen molar-refractivity contribution < 1.29 is 18.4 Å². The van der Waals surface area contributed by atoms with E-state index >= 15 is 0 Å². The van der Waals surface area contributed by atoms with E-state index < -0.39 is 17.5 Å². The Morgan fingerprint density at radius 1 is 1.07 bits per heavy atom. The summed E-state index contributed by atoms with van der Waals surface area (Å²) in [5.74, 6) is -2.59. The van der Waals surface area contributed by atoms with Gasteiger partial charge in [0.25, 0.3) is 11.8 Å². The summed E-state index contributed by atoms with van der Waals surface area (Å²) in [6, 6.07) is 6.13. The number of carbonyl (C=O) groups is 2. The number of nitrogens with zero attached hydrogens (tertiary/aromatic N) is 4. The van der Waals surface area contributed by atoms with Crippen LogP contribution in [0.15, 0.2) is 30.3 Å². The number of nitrogens with one attached hydrogen (secondary N) is 2. The number of amides is 2. The smallest absolute Gasteiger partial charge is 0.273 e. The number of rotatable bonds is 5. The van der Waals surface area contributed by atoms with Gasteiger partial charge >= 0.3 is 0 Å². The predicted octanol–water partition coefficient (Wildman–Crippen LogP) is 3.22. The van der Waals surface area contributed by atoms with Crippen molar-refractivity contribution in [3.63, 3.8) is 0 Å². The number of aryl methyl sites for hydroxylation is 1. The fraction of sp³-hybridized carbons (Fsp3) is 0.167. The molecule has 0 aliphatic heterocycles. The van der Waals surface area contributed by atoms with Crippen LogP contribution in [0.3, 0.4) is 0 Å². The van der Waals surface area contributed by atoms with E-state index in [9.17, 15) is 18.4 Å². The van der Waals surface area contributed by atoms with E-state index in [1.165, 1.54) is 17.0 Å². The first-order valence-electron chi connectivity index (χ1n) is 8.31. The molecule has 150 valence electrons. The van der Waals surface area contributed by atoms with E-state index in [0.29, 0.717) is 16.5 Å². The van der Waals surface area contributed by atoms with E-state index in [2.05, 4.69) is 25.2 Å². The fourth-order valence-electron chi connectivity index (χ4n) is 2.35. The average Bonchev–Trinajstić information content (AvgIpc) is 3.05. The number of benzene rings is 1. The minimum atomic E-state index is -1.07. The maximum atomic E-state index is 13.4. The molecule has 8 nitrogen and oxygen atoms in total. The summed E-state index contributed by atoms with van der Waals surface area (Å²) in [4.78, 5) is 25.9. The van der Waals surface area contributed by atoms with Crippen molar-refractivity contribution in [3.05, 3.63) is 58.9 Å². The molecule has 0 unspecified atom stereocenters. The monoisotopic (exact) mass is 418 g/mol. The second kappa shape index (κ2) is 8.27. The van der Waals surface area contributed by atoms with Crippen molar-refractivity contribution in [2.75, 3.05) is 24.7 Å². The standard InChI is InChI=1S/C18H16F2N6O2S/c1-9-15(16(27)21-10-4-5-11(19)12(20)8-10)17(29-25-9)22-14-7-6-13(23-24-14)18(28)26(2)3/h4-8H,1-3H3,(H,21,27)(H,22,24). The van der Waals surface area contributed by atoms with Crippen molar-refractivity contribution in [1.29, 1.82) is 0 Å². The molecule has 0 aliphatic carbocycles. The molecule has 0 radical (unpaired) electrons. The predicted molar refractivity (Wildman–Crippen MR) is 104 cm³/mol. The largest absolute Gasteiger partial charge is 0.343 e. The van der Waals surface area contributed by atoms with Gasteiger partial charge in [-0.3, -0.25) is 9.59 Å². The number of anilines is 3. The van der Waals surface area contributed by atoms with Gasteiger partial charge in [-0.1, -0.05) is 0 Å². The number of hydrogen-bond donors (Lipinski definition) is 2. The van der Waals surface area contributed by atoms with Gasteiger partial charge in [-0.15, -0.1) is 10.2 Å². The minimum Gasteiger partial charge on any atom is -0.343 e. The average molecular weight is 418 g/mol. The molecule has 3 rings (SSSR count). The third-order valence-corrected chi connectivity index (χ3v) is 4.65. The molecule has 0 saturated heterocycles. The first-order valence-corrected chi connectivity index (χ1v) is 9.08. The molecular weight excluding hydrogens is 402 g/mol. The SMILES string of the molecule is Cc1nsc(Nc2ccc(C(=O)N(C)C)nn2)c1C(=O)Nc1ccc(F)c(F)c1. The zero-order valence-electron chi connectivity index (χ0n) is 15.7. The van der Waals surface area contributed by atoms with E-state index in [1.807, 2.05) is 0 Å². The van der Waals surface area contributed by atoms with Crippen LogP contribution in [-0.2, 0) is 0 Å². The third kappa shape index (κ3) is 4.51. The molecule has 11 heteroatoms. The molecule has 2 heterocycles. The molecule has 2 N–H and O–H groups in total. The summed E-state index contributed by atoms with van der Waals surface area (Å²) < 4.78 is 30.6. The van der Waals surface area contributed by atoms with E-state index in [-0.39, 0.29) is 22.9 Å². The van der Waals surface area contributed by atoms with Crippen LogP contribution in [-0.4, -0.2) is 45.4 Å². The van der Waals surface area contributed by atoms with Gasteiger partial charge in [0.1, 0.15) is 5.00 Å².